The van der Waals surface area contributed by atoms with Crippen molar-refractivity contribution in [1.29, 1.82) is 0 Å². The average molecular weight is 697 g/mol. The van der Waals surface area contributed by atoms with Crippen LogP contribution in [0.4, 0.5) is 0 Å². The third-order valence-corrected chi connectivity index (χ3v) is 16.6. The largest absolute Gasteiger partial charge is 0.489 e. The molecule has 0 aromatic heterocycles. The predicted molar refractivity (Wildman–Crippen MR) is 205 cm³/mol. The van der Waals surface area contributed by atoms with Crippen molar-refractivity contribution < 1.29 is 19.1 Å². The van der Waals surface area contributed by atoms with Gasteiger partial charge in [-0.3, -0.25) is 4.79 Å². The fourth-order valence-corrected chi connectivity index (χ4v) is 10.2. The average Bonchev–Trinajstić information content (AvgIpc) is 3.04. The molecule has 50 heavy (non-hydrogen) atoms. The molecule has 270 valence electrons. The highest BCUT2D eigenvalue weighted by Crippen LogP contribution is 2.55. The lowest BCUT2D eigenvalue weighted by Gasteiger charge is -2.56. The van der Waals surface area contributed by atoms with Crippen LogP contribution in [0.15, 0.2) is 72.8 Å². The van der Waals surface area contributed by atoms with Crippen LogP contribution >= 0.6 is 0 Å². The summed E-state index contributed by atoms with van der Waals surface area (Å²) in [6.45, 7) is 14.6. The molecule has 3 aromatic rings. The Morgan fingerprint density at radius 3 is 2.18 bits per heavy atom. The molecule has 7 heteroatoms. The van der Waals surface area contributed by atoms with Crippen LogP contribution in [-0.2, 0) is 35.3 Å². The topological polar surface area (TPSA) is 79.8 Å². The molecule has 4 fully saturated rings. The zero-order valence-corrected chi connectivity index (χ0v) is 32.3. The molecule has 4 aliphatic rings. The van der Waals surface area contributed by atoms with Crippen molar-refractivity contribution in [1.82, 2.24) is 10.6 Å². The summed E-state index contributed by atoms with van der Waals surface area (Å²) >= 11 is 0. The smallest absolute Gasteiger partial charge is 0.224 e. The van der Waals surface area contributed by atoms with E-state index < -0.39 is 8.32 Å². The molecule has 7 rings (SSSR count). The Morgan fingerprint density at radius 2 is 1.54 bits per heavy atom. The van der Waals surface area contributed by atoms with Gasteiger partial charge in [0.15, 0.2) is 8.32 Å². The van der Waals surface area contributed by atoms with E-state index in [-0.39, 0.29) is 35.2 Å². The summed E-state index contributed by atoms with van der Waals surface area (Å²) in [7, 11) is -2.12. The number of benzene rings is 3. The molecule has 1 amide bonds. The van der Waals surface area contributed by atoms with Gasteiger partial charge in [-0.1, -0.05) is 81.4 Å². The van der Waals surface area contributed by atoms with Crippen molar-refractivity contribution >= 4 is 14.2 Å². The number of nitrogens with one attached hydrogen (secondary N) is 2. The summed E-state index contributed by atoms with van der Waals surface area (Å²) in [5.41, 5.74) is 5.26. The highest BCUT2D eigenvalue weighted by atomic mass is 28.4. The third-order valence-electron chi connectivity index (χ3n) is 12.1. The molecule has 3 aromatic carbocycles. The van der Waals surface area contributed by atoms with Crippen LogP contribution in [0, 0.1) is 17.8 Å². The van der Waals surface area contributed by atoms with Gasteiger partial charge in [-0.15, -0.1) is 0 Å². The van der Waals surface area contributed by atoms with E-state index >= 15 is 0 Å². The Bertz CT molecular complexity index is 1560. The Balaban J connectivity index is 1.08. The monoisotopic (exact) mass is 696 g/mol. The Kier molecular flexibility index (Phi) is 11.3. The lowest BCUT2D eigenvalue weighted by atomic mass is 9.53. The van der Waals surface area contributed by atoms with Crippen LogP contribution in [0.3, 0.4) is 0 Å². The first-order chi connectivity index (χ1) is 23.8. The van der Waals surface area contributed by atoms with E-state index in [1.54, 1.807) is 0 Å². The second-order valence-corrected chi connectivity index (χ2v) is 22.2. The maximum absolute atomic E-state index is 13.3. The second kappa shape index (κ2) is 15.3. The van der Waals surface area contributed by atoms with E-state index in [0.717, 1.165) is 46.4 Å². The maximum Gasteiger partial charge on any atom is 0.224 e. The van der Waals surface area contributed by atoms with Gasteiger partial charge >= 0.3 is 0 Å². The molecule has 4 bridgehead atoms. The first kappa shape index (κ1) is 36.8. The third kappa shape index (κ3) is 9.08. The van der Waals surface area contributed by atoms with Crippen molar-refractivity contribution in [3.63, 3.8) is 0 Å². The Labute approximate surface area is 301 Å². The minimum absolute atomic E-state index is 0.0534. The zero-order valence-electron chi connectivity index (χ0n) is 31.3. The minimum Gasteiger partial charge on any atom is -0.489 e. The first-order valence-electron chi connectivity index (χ1n) is 19.0. The number of aliphatic hydroxyl groups is 1. The summed E-state index contributed by atoms with van der Waals surface area (Å²) in [5, 5.41) is 17.7. The fraction of sp³-hybridized carbons (Fsp3) is 0.558. The second-order valence-electron chi connectivity index (χ2n) is 17.4. The van der Waals surface area contributed by atoms with Crippen LogP contribution in [0.25, 0.3) is 0 Å². The van der Waals surface area contributed by atoms with Crippen molar-refractivity contribution in [2.45, 2.75) is 128 Å². The zero-order chi connectivity index (χ0) is 35.5. The van der Waals surface area contributed by atoms with Crippen molar-refractivity contribution in [3.05, 3.63) is 101 Å². The summed E-state index contributed by atoms with van der Waals surface area (Å²) < 4.78 is 13.2. The molecule has 0 unspecified atom stereocenters. The van der Waals surface area contributed by atoms with Crippen LogP contribution in [-0.4, -0.2) is 37.5 Å². The standard InChI is InChI=1S/C43H60N2O4Si/c1-30(17-32-13-10-14-33(18-32)22-41(47)45-43-24-34-19-35(25-43)21-36(20-34)26-43)44-27-40(49-50(5,6)42(2,3)4)37-15-16-39(38(23-37)28-46)48-29-31-11-8-7-9-12-31/h7-16,18,23,30,34-36,40,44,46H,17,19-22,24-29H2,1-6H3,(H,45,47)/t30-,34?,35?,36?,40+,43?/m1/s1. The molecule has 4 saturated carbocycles. The van der Waals surface area contributed by atoms with Gasteiger partial charge in [-0.25, -0.2) is 0 Å². The lowest BCUT2D eigenvalue weighted by molar-refractivity contribution is -0.126. The number of rotatable bonds is 15. The van der Waals surface area contributed by atoms with Crippen LogP contribution in [0.5, 0.6) is 5.75 Å². The molecule has 0 radical (unpaired) electrons. The van der Waals surface area contributed by atoms with E-state index in [9.17, 15) is 9.90 Å². The summed E-state index contributed by atoms with van der Waals surface area (Å²) in [6.07, 6.45) is 8.81. The number of aliphatic hydroxyl groups excluding tert-OH is 1. The molecular formula is C43H60N2O4Si. The molecule has 3 N–H and O–H groups in total. The van der Waals surface area contributed by atoms with Gasteiger partial charge in [0.1, 0.15) is 12.4 Å². The molecule has 4 aliphatic carbocycles. The van der Waals surface area contributed by atoms with Crippen LogP contribution < -0.4 is 15.4 Å². The van der Waals surface area contributed by atoms with Crippen molar-refractivity contribution in [2.75, 3.05) is 6.54 Å². The van der Waals surface area contributed by atoms with Gasteiger partial charge < -0.3 is 24.9 Å². The quantitative estimate of drug-likeness (QED) is 0.139. The first-order valence-corrected chi connectivity index (χ1v) is 21.9. The molecule has 0 spiro atoms. The molecule has 0 saturated heterocycles. The predicted octanol–water partition coefficient (Wildman–Crippen LogP) is 8.67. The van der Waals surface area contributed by atoms with Crippen LogP contribution in [0.1, 0.15) is 100 Å². The number of carbonyl (C=O) groups excluding carboxylic acids is 1. The van der Waals surface area contributed by atoms with Gasteiger partial charge in [0.25, 0.3) is 0 Å². The molecular weight excluding hydrogens is 637 g/mol. The number of hydrogen-bond acceptors (Lipinski definition) is 5. The summed E-state index contributed by atoms with van der Waals surface area (Å²) in [5.74, 6) is 3.33. The van der Waals surface area contributed by atoms with Gasteiger partial charge in [-0.05, 0) is 122 Å². The van der Waals surface area contributed by atoms with Crippen LogP contribution in [0.2, 0.25) is 18.1 Å². The number of carbonyl (C=O) groups is 1. The molecule has 6 nitrogen and oxygen atoms in total. The normalized spacial score (nSPS) is 24.2. The highest BCUT2D eigenvalue weighted by molar-refractivity contribution is 6.74. The van der Waals surface area contributed by atoms with Gasteiger partial charge in [0.2, 0.25) is 5.91 Å². The maximum atomic E-state index is 13.3. The van der Waals surface area contributed by atoms with E-state index in [1.807, 2.05) is 42.5 Å². The van der Waals surface area contributed by atoms with E-state index in [2.05, 4.69) is 81.8 Å². The summed E-state index contributed by atoms with van der Waals surface area (Å²) in [4.78, 5) is 13.3. The Hall–Kier alpha value is -2.97. The van der Waals surface area contributed by atoms with Gasteiger partial charge in [0, 0.05) is 23.7 Å². The Morgan fingerprint density at radius 1 is 0.900 bits per heavy atom. The number of ether oxygens (including phenoxy) is 1. The molecule has 0 aliphatic heterocycles. The van der Waals surface area contributed by atoms with Gasteiger partial charge in [-0.2, -0.15) is 0 Å². The fourth-order valence-electron chi connectivity index (χ4n) is 8.95. The van der Waals surface area contributed by atoms with E-state index in [0.29, 0.717) is 25.3 Å². The number of hydrogen-bond donors (Lipinski definition) is 3. The highest BCUT2D eigenvalue weighted by Gasteiger charge is 2.51. The van der Waals surface area contributed by atoms with Crippen molar-refractivity contribution in [2.24, 2.45) is 17.8 Å². The summed E-state index contributed by atoms with van der Waals surface area (Å²) in [6, 6.07) is 25.0. The van der Waals surface area contributed by atoms with Gasteiger partial charge in [0.05, 0.1) is 19.1 Å². The SMILES string of the molecule is C[C@H](Cc1cccc(CC(=O)NC23CC4CC(CC(C4)C2)C3)c1)NC[C@H](O[Si](C)(C)C(C)(C)C)c1ccc(OCc2ccccc2)c(CO)c1. The number of amides is 1. The van der Waals surface area contributed by atoms with E-state index in [1.165, 1.54) is 44.1 Å². The van der Waals surface area contributed by atoms with Crippen molar-refractivity contribution in [3.8, 4) is 5.75 Å². The molecule has 0 heterocycles. The molecule has 2 atom stereocenters. The lowest BCUT2D eigenvalue weighted by Crippen LogP contribution is -2.60. The van der Waals surface area contributed by atoms with E-state index in [4.69, 9.17) is 9.16 Å². The minimum atomic E-state index is -2.12.